The minimum absolute atomic E-state index is 0.131. The number of fused-ring (bicyclic) bond motifs is 3. The summed E-state index contributed by atoms with van der Waals surface area (Å²) < 4.78 is 7.60. The molecule has 0 spiro atoms. The van der Waals surface area contributed by atoms with Crippen molar-refractivity contribution < 1.29 is 9.84 Å². The maximum absolute atomic E-state index is 9.17. The second kappa shape index (κ2) is 6.29. The number of aromatic nitrogens is 3. The van der Waals surface area contributed by atoms with Gasteiger partial charge in [0.1, 0.15) is 17.9 Å². The molecule has 0 atom stereocenters. The number of aliphatic hydroxyl groups is 1. The highest BCUT2D eigenvalue weighted by molar-refractivity contribution is 6.06. The molecule has 22 heavy (non-hydrogen) atoms. The highest BCUT2D eigenvalue weighted by Gasteiger charge is 2.16. The van der Waals surface area contributed by atoms with Crippen molar-refractivity contribution in [2.45, 2.75) is 26.5 Å². The van der Waals surface area contributed by atoms with Crippen LogP contribution in [-0.4, -0.2) is 32.9 Å². The van der Waals surface area contributed by atoms with Crippen molar-refractivity contribution in [3.8, 4) is 0 Å². The van der Waals surface area contributed by atoms with Gasteiger partial charge < -0.3 is 20.1 Å². The van der Waals surface area contributed by atoms with Crippen LogP contribution < -0.4 is 5.73 Å². The van der Waals surface area contributed by atoms with Crippen molar-refractivity contribution in [2.75, 3.05) is 18.9 Å². The first-order chi connectivity index (χ1) is 10.8. The molecule has 0 aliphatic carbocycles. The van der Waals surface area contributed by atoms with E-state index in [-0.39, 0.29) is 6.61 Å². The van der Waals surface area contributed by atoms with E-state index in [0.717, 1.165) is 22.2 Å². The van der Waals surface area contributed by atoms with Crippen LogP contribution in [0.4, 0.5) is 5.82 Å². The first-order valence-corrected chi connectivity index (χ1v) is 7.48. The molecule has 0 saturated heterocycles. The lowest BCUT2D eigenvalue weighted by Crippen LogP contribution is -2.07. The molecule has 6 heteroatoms. The number of nitrogens with two attached hydrogens (primary N) is 1. The summed E-state index contributed by atoms with van der Waals surface area (Å²) >= 11 is 0. The van der Waals surface area contributed by atoms with Gasteiger partial charge in [-0.2, -0.15) is 0 Å². The Labute approximate surface area is 128 Å². The number of rotatable bonds is 6. The molecule has 0 unspecified atom stereocenters. The number of aryl methyl sites for hydroxylation is 1. The molecule has 3 aromatic rings. The van der Waals surface area contributed by atoms with Gasteiger partial charge in [-0.1, -0.05) is 18.2 Å². The zero-order valence-electron chi connectivity index (χ0n) is 12.6. The molecule has 1 aromatic carbocycles. The fraction of sp³-hybridized carbons (Fsp3) is 0.375. The van der Waals surface area contributed by atoms with Crippen LogP contribution in [0.2, 0.25) is 0 Å². The monoisotopic (exact) mass is 300 g/mol. The molecule has 2 heterocycles. The lowest BCUT2D eigenvalue weighted by molar-refractivity contribution is 0.125. The summed E-state index contributed by atoms with van der Waals surface area (Å²) in [5.74, 6) is 1.24. The van der Waals surface area contributed by atoms with Crippen molar-refractivity contribution >= 4 is 27.8 Å². The first-order valence-electron chi connectivity index (χ1n) is 7.48. The average molecular weight is 300 g/mol. The molecular weight excluding hydrogens is 280 g/mol. The van der Waals surface area contributed by atoms with Gasteiger partial charge in [-0.15, -0.1) is 0 Å². The average Bonchev–Trinajstić information content (AvgIpc) is 2.90. The van der Waals surface area contributed by atoms with Gasteiger partial charge in [-0.05, 0) is 19.4 Å². The Morgan fingerprint density at radius 1 is 1.27 bits per heavy atom. The van der Waals surface area contributed by atoms with E-state index >= 15 is 0 Å². The SMILES string of the molecule is CCOCc1nc2c(N)nc3ccccc3c2n1CCCO. The van der Waals surface area contributed by atoms with Crippen molar-refractivity contribution in [3.63, 3.8) is 0 Å². The molecule has 0 radical (unpaired) electrons. The third kappa shape index (κ3) is 2.51. The van der Waals surface area contributed by atoms with Crippen LogP contribution in [0, 0.1) is 0 Å². The lowest BCUT2D eigenvalue weighted by atomic mass is 10.2. The Kier molecular flexibility index (Phi) is 4.22. The Morgan fingerprint density at radius 2 is 2.09 bits per heavy atom. The Balaban J connectivity index is 2.27. The second-order valence-corrected chi connectivity index (χ2v) is 5.11. The summed E-state index contributed by atoms with van der Waals surface area (Å²) in [4.78, 5) is 9.05. The molecule has 3 N–H and O–H groups in total. The van der Waals surface area contributed by atoms with Gasteiger partial charge in [0.15, 0.2) is 5.82 Å². The normalized spacial score (nSPS) is 11.5. The number of pyridine rings is 1. The number of nitrogens with zero attached hydrogens (tertiary/aromatic N) is 3. The predicted octanol–water partition coefficient (Wildman–Crippen LogP) is 2.09. The highest BCUT2D eigenvalue weighted by Crippen LogP contribution is 2.29. The van der Waals surface area contributed by atoms with E-state index in [2.05, 4.69) is 14.5 Å². The van der Waals surface area contributed by atoms with Crippen molar-refractivity contribution in [1.82, 2.24) is 14.5 Å². The van der Waals surface area contributed by atoms with Gasteiger partial charge in [0.25, 0.3) is 0 Å². The maximum Gasteiger partial charge on any atom is 0.152 e. The van der Waals surface area contributed by atoms with Crippen LogP contribution in [0.15, 0.2) is 24.3 Å². The van der Waals surface area contributed by atoms with E-state index in [4.69, 9.17) is 15.6 Å². The maximum atomic E-state index is 9.17. The van der Waals surface area contributed by atoms with E-state index in [1.807, 2.05) is 31.2 Å². The summed E-state index contributed by atoms with van der Waals surface area (Å²) in [7, 11) is 0. The van der Waals surface area contributed by atoms with Crippen LogP contribution in [0.1, 0.15) is 19.2 Å². The molecule has 6 nitrogen and oxygen atoms in total. The summed E-state index contributed by atoms with van der Waals surface area (Å²) in [6, 6.07) is 7.88. The minimum atomic E-state index is 0.131. The third-order valence-electron chi connectivity index (χ3n) is 3.66. The predicted molar refractivity (Wildman–Crippen MR) is 86.5 cm³/mol. The van der Waals surface area contributed by atoms with Gasteiger partial charge >= 0.3 is 0 Å². The number of para-hydroxylation sites is 1. The number of anilines is 1. The van der Waals surface area contributed by atoms with Crippen LogP contribution in [0.3, 0.4) is 0 Å². The number of ether oxygens (including phenoxy) is 1. The Bertz CT molecular complexity index is 798. The van der Waals surface area contributed by atoms with E-state index in [0.29, 0.717) is 37.5 Å². The molecule has 2 aromatic heterocycles. The van der Waals surface area contributed by atoms with Gasteiger partial charge in [0.05, 0.1) is 11.0 Å². The third-order valence-corrected chi connectivity index (χ3v) is 3.66. The standard InChI is InChI=1S/C16H20N4O2/c1-2-22-10-13-19-14-15(20(13)8-5-9-21)11-6-3-4-7-12(11)18-16(14)17/h3-4,6-7,21H,2,5,8-10H2,1H3,(H2,17,18). The van der Waals surface area contributed by atoms with Crippen LogP contribution in [-0.2, 0) is 17.9 Å². The molecule has 0 saturated carbocycles. The lowest BCUT2D eigenvalue weighted by Gasteiger charge is -2.10. The summed E-state index contributed by atoms with van der Waals surface area (Å²) in [5.41, 5.74) is 8.60. The van der Waals surface area contributed by atoms with Gasteiger partial charge in [-0.3, -0.25) is 0 Å². The Hall–Kier alpha value is -2.18. The van der Waals surface area contributed by atoms with Crippen molar-refractivity contribution in [1.29, 1.82) is 0 Å². The summed E-state index contributed by atoms with van der Waals surface area (Å²) in [6.07, 6.45) is 0.654. The topological polar surface area (TPSA) is 86.2 Å². The molecule has 116 valence electrons. The molecule has 3 rings (SSSR count). The largest absolute Gasteiger partial charge is 0.396 e. The number of hydrogen-bond acceptors (Lipinski definition) is 5. The molecule has 0 fully saturated rings. The minimum Gasteiger partial charge on any atom is -0.396 e. The van der Waals surface area contributed by atoms with Crippen LogP contribution >= 0.6 is 0 Å². The van der Waals surface area contributed by atoms with E-state index in [1.165, 1.54) is 0 Å². The number of benzene rings is 1. The summed E-state index contributed by atoms with van der Waals surface area (Å²) in [5, 5.41) is 10.2. The zero-order valence-corrected chi connectivity index (χ0v) is 12.6. The quantitative estimate of drug-likeness (QED) is 0.728. The van der Waals surface area contributed by atoms with Crippen molar-refractivity contribution in [3.05, 3.63) is 30.1 Å². The van der Waals surface area contributed by atoms with E-state index < -0.39 is 0 Å². The molecular formula is C16H20N4O2. The fourth-order valence-electron chi connectivity index (χ4n) is 2.68. The van der Waals surface area contributed by atoms with E-state index in [1.54, 1.807) is 0 Å². The fourth-order valence-corrected chi connectivity index (χ4v) is 2.68. The number of hydrogen-bond donors (Lipinski definition) is 2. The second-order valence-electron chi connectivity index (χ2n) is 5.11. The van der Waals surface area contributed by atoms with Gasteiger partial charge in [0, 0.05) is 25.1 Å². The van der Waals surface area contributed by atoms with Crippen LogP contribution in [0.5, 0.6) is 0 Å². The van der Waals surface area contributed by atoms with Gasteiger partial charge in [0.2, 0.25) is 0 Å². The smallest absolute Gasteiger partial charge is 0.152 e. The molecule has 0 amide bonds. The zero-order chi connectivity index (χ0) is 15.5. The first kappa shape index (κ1) is 14.7. The highest BCUT2D eigenvalue weighted by atomic mass is 16.5. The molecule has 0 aliphatic rings. The number of nitrogen functional groups attached to an aromatic ring is 1. The summed E-state index contributed by atoms with van der Waals surface area (Å²) in [6.45, 7) is 3.79. The molecule has 0 bridgehead atoms. The number of aliphatic hydroxyl groups excluding tert-OH is 1. The van der Waals surface area contributed by atoms with Crippen LogP contribution in [0.25, 0.3) is 21.9 Å². The molecule has 0 aliphatic heterocycles. The van der Waals surface area contributed by atoms with Crippen molar-refractivity contribution in [2.24, 2.45) is 0 Å². The Morgan fingerprint density at radius 3 is 2.86 bits per heavy atom. The number of imidazole rings is 1. The van der Waals surface area contributed by atoms with E-state index in [9.17, 15) is 0 Å². The van der Waals surface area contributed by atoms with Gasteiger partial charge in [-0.25, -0.2) is 9.97 Å².